The predicted octanol–water partition coefficient (Wildman–Crippen LogP) is 0.426. The molecule has 0 spiro atoms. The van der Waals surface area contributed by atoms with E-state index in [0.717, 1.165) is 10.6 Å². The first-order chi connectivity index (χ1) is 19.9. The van der Waals surface area contributed by atoms with Crippen molar-refractivity contribution in [1.82, 2.24) is 30.7 Å². The predicted molar refractivity (Wildman–Crippen MR) is 156 cm³/mol. The Hall–Kier alpha value is -3.84. The highest BCUT2D eigenvalue weighted by atomic mass is 32.1. The molecule has 0 saturated carbocycles. The molecule has 13 heteroatoms. The maximum atomic E-state index is 13.6. The summed E-state index contributed by atoms with van der Waals surface area (Å²) in [5.41, 5.74) is 1.42. The third-order valence-electron chi connectivity index (χ3n) is 7.27. The summed E-state index contributed by atoms with van der Waals surface area (Å²) in [6, 6.07) is 7.36. The number of ether oxygens (including phenoxy) is 1. The minimum absolute atomic E-state index is 0.0124. The lowest BCUT2D eigenvalue weighted by atomic mass is 10.0. The second-order valence-corrected chi connectivity index (χ2v) is 12.3. The molecule has 2 saturated heterocycles. The molecule has 0 aliphatic carbocycles. The van der Waals surface area contributed by atoms with Crippen LogP contribution >= 0.6 is 11.3 Å². The molecule has 2 aliphatic heterocycles. The number of nitrogens with one attached hydrogen (secondary N) is 3. The zero-order valence-corrected chi connectivity index (χ0v) is 25.3. The van der Waals surface area contributed by atoms with E-state index in [4.69, 9.17) is 4.74 Å². The SMILES string of the molecule is Cc1nc(C)c(C(=O)N2C[C@@H]3CNC(=O)[C@H](C(C)C)NC(=O)CN(C)C(=O)[C@@H](Cc4ccccc4)NC(=O)[C@@H](C2)O3)s1. The summed E-state index contributed by atoms with van der Waals surface area (Å²) in [6.45, 7) is 7.00. The van der Waals surface area contributed by atoms with Crippen LogP contribution in [-0.4, -0.2) is 102 Å². The van der Waals surface area contributed by atoms with E-state index in [2.05, 4.69) is 20.9 Å². The van der Waals surface area contributed by atoms with Crippen molar-refractivity contribution >= 4 is 40.9 Å². The smallest absolute Gasteiger partial charge is 0.266 e. The number of amides is 5. The summed E-state index contributed by atoms with van der Waals surface area (Å²) < 4.78 is 6.11. The number of aryl methyl sites for hydroxylation is 2. The molecule has 4 atom stereocenters. The van der Waals surface area contributed by atoms with Gasteiger partial charge in [-0.25, -0.2) is 4.98 Å². The van der Waals surface area contributed by atoms with E-state index in [1.165, 1.54) is 28.2 Å². The molecular formula is C29H38N6O6S. The van der Waals surface area contributed by atoms with Crippen LogP contribution in [0.3, 0.4) is 0 Å². The number of carbonyl (C=O) groups is 5. The Bertz CT molecular complexity index is 1330. The van der Waals surface area contributed by atoms with Crippen LogP contribution in [0.15, 0.2) is 30.3 Å². The van der Waals surface area contributed by atoms with Crippen LogP contribution < -0.4 is 16.0 Å². The largest absolute Gasteiger partial charge is 0.360 e. The van der Waals surface area contributed by atoms with Gasteiger partial charge < -0.3 is 30.5 Å². The first-order valence-electron chi connectivity index (χ1n) is 14.0. The second kappa shape index (κ2) is 13.4. The Kier molecular flexibility index (Phi) is 9.94. The molecule has 4 rings (SSSR count). The number of rotatable bonds is 4. The Balaban J connectivity index is 1.66. The molecule has 2 bridgehead atoms. The summed E-state index contributed by atoms with van der Waals surface area (Å²) in [5.74, 6) is -2.48. The molecule has 2 fully saturated rings. The standard InChI is InChI=1S/C29H38N6O6S/c1-16(2)24-27(38)30-12-20-13-35(29(40)25-17(3)31-18(4)42-25)14-22(41-20)26(37)32-21(11-19-9-7-6-8-10-19)28(39)34(5)15-23(36)33-24/h6-10,16,20-22,24H,11-15H2,1-5H3,(H,30,38)(H,32,37)(H,33,36)/t20-,21+,22+,24-/m0/s1. The van der Waals surface area contributed by atoms with Crippen molar-refractivity contribution in [2.75, 3.05) is 33.2 Å². The number of morpholine rings is 1. The fourth-order valence-electron chi connectivity index (χ4n) is 5.09. The van der Waals surface area contributed by atoms with Crippen molar-refractivity contribution in [3.63, 3.8) is 0 Å². The summed E-state index contributed by atoms with van der Waals surface area (Å²) in [6.07, 6.45) is -1.62. The molecule has 42 heavy (non-hydrogen) atoms. The van der Waals surface area contributed by atoms with E-state index < -0.39 is 47.9 Å². The first kappa shape index (κ1) is 31.1. The van der Waals surface area contributed by atoms with E-state index >= 15 is 0 Å². The molecule has 226 valence electrons. The number of benzene rings is 1. The van der Waals surface area contributed by atoms with E-state index in [1.807, 2.05) is 37.3 Å². The summed E-state index contributed by atoms with van der Waals surface area (Å²) in [7, 11) is 1.47. The lowest BCUT2D eigenvalue weighted by Crippen LogP contribution is -2.59. The van der Waals surface area contributed by atoms with Gasteiger partial charge in [0.05, 0.1) is 29.9 Å². The van der Waals surface area contributed by atoms with Crippen LogP contribution in [0, 0.1) is 19.8 Å². The maximum Gasteiger partial charge on any atom is 0.266 e. The molecule has 3 heterocycles. The molecular weight excluding hydrogens is 560 g/mol. The Morgan fingerprint density at radius 1 is 1.07 bits per heavy atom. The third kappa shape index (κ3) is 7.51. The zero-order valence-electron chi connectivity index (χ0n) is 24.5. The molecule has 2 aliphatic rings. The van der Waals surface area contributed by atoms with Crippen molar-refractivity contribution in [3.8, 4) is 0 Å². The van der Waals surface area contributed by atoms with Gasteiger partial charge in [0, 0.05) is 26.6 Å². The summed E-state index contributed by atoms with van der Waals surface area (Å²) >= 11 is 1.28. The third-order valence-corrected chi connectivity index (χ3v) is 8.33. The van der Waals surface area contributed by atoms with Gasteiger partial charge in [-0.2, -0.15) is 0 Å². The number of thiazole rings is 1. The van der Waals surface area contributed by atoms with Crippen molar-refractivity contribution < 1.29 is 28.7 Å². The lowest BCUT2D eigenvalue weighted by Gasteiger charge is -2.38. The Morgan fingerprint density at radius 3 is 2.43 bits per heavy atom. The van der Waals surface area contributed by atoms with Crippen molar-refractivity contribution in [1.29, 1.82) is 0 Å². The van der Waals surface area contributed by atoms with E-state index in [-0.39, 0.29) is 44.4 Å². The average Bonchev–Trinajstić information content (AvgIpc) is 3.30. The second-order valence-electron chi connectivity index (χ2n) is 11.1. The lowest BCUT2D eigenvalue weighted by molar-refractivity contribution is -0.148. The highest BCUT2D eigenvalue weighted by Gasteiger charge is 2.38. The molecule has 3 N–H and O–H groups in total. The van der Waals surface area contributed by atoms with Gasteiger partial charge in [0.25, 0.3) is 11.8 Å². The van der Waals surface area contributed by atoms with Gasteiger partial charge in [-0.05, 0) is 25.3 Å². The number of likely N-dealkylation sites (N-methyl/N-ethyl adjacent to an activating group) is 1. The topological polar surface area (TPSA) is 150 Å². The number of fused-ring (bicyclic) bond motifs is 2. The van der Waals surface area contributed by atoms with Gasteiger partial charge in [-0.15, -0.1) is 11.3 Å². The van der Waals surface area contributed by atoms with E-state index in [0.29, 0.717) is 10.6 Å². The fourth-order valence-corrected chi connectivity index (χ4v) is 5.98. The van der Waals surface area contributed by atoms with Crippen LogP contribution in [0.2, 0.25) is 0 Å². The van der Waals surface area contributed by atoms with Crippen molar-refractivity contribution in [2.45, 2.75) is 58.4 Å². The molecule has 1 aromatic heterocycles. The van der Waals surface area contributed by atoms with E-state index in [1.54, 1.807) is 20.8 Å². The monoisotopic (exact) mass is 598 g/mol. The summed E-state index contributed by atoms with van der Waals surface area (Å²) in [4.78, 5) is 74.4. The van der Waals surface area contributed by atoms with Crippen molar-refractivity contribution in [3.05, 3.63) is 51.5 Å². The summed E-state index contributed by atoms with van der Waals surface area (Å²) in [5, 5.41) is 9.11. The van der Waals surface area contributed by atoms with Gasteiger partial charge in [-0.3, -0.25) is 24.0 Å². The number of aromatic nitrogens is 1. The molecule has 12 nitrogen and oxygen atoms in total. The maximum absolute atomic E-state index is 13.6. The van der Waals surface area contributed by atoms with Crippen LogP contribution in [0.4, 0.5) is 0 Å². The highest BCUT2D eigenvalue weighted by Crippen LogP contribution is 2.22. The molecule has 5 amide bonds. The van der Waals surface area contributed by atoms with Crippen LogP contribution in [0.1, 0.15) is 39.8 Å². The Morgan fingerprint density at radius 2 is 1.79 bits per heavy atom. The van der Waals surface area contributed by atoms with Gasteiger partial charge in [0.2, 0.25) is 17.7 Å². The number of hydrogen-bond donors (Lipinski definition) is 3. The molecule has 2 aromatic rings. The van der Waals surface area contributed by atoms with Gasteiger partial charge in [0.1, 0.15) is 17.0 Å². The van der Waals surface area contributed by atoms with Gasteiger partial charge in [-0.1, -0.05) is 44.2 Å². The molecule has 1 aromatic carbocycles. The average molecular weight is 599 g/mol. The van der Waals surface area contributed by atoms with Gasteiger partial charge in [0.15, 0.2) is 6.10 Å². The normalized spacial score (nSPS) is 24.4. The number of hydrogen-bond acceptors (Lipinski definition) is 8. The van der Waals surface area contributed by atoms with Crippen LogP contribution in [0.5, 0.6) is 0 Å². The van der Waals surface area contributed by atoms with E-state index in [9.17, 15) is 24.0 Å². The van der Waals surface area contributed by atoms with Crippen molar-refractivity contribution in [2.24, 2.45) is 5.92 Å². The number of carbonyl (C=O) groups excluding carboxylic acids is 5. The zero-order chi connectivity index (χ0) is 30.6. The number of nitrogens with zero attached hydrogens (tertiary/aromatic N) is 3. The fraction of sp³-hybridized carbons (Fsp3) is 0.517. The van der Waals surface area contributed by atoms with Crippen LogP contribution in [-0.2, 0) is 30.3 Å². The van der Waals surface area contributed by atoms with Gasteiger partial charge >= 0.3 is 0 Å². The highest BCUT2D eigenvalue weighted by molar-refractivity contribution is 7.13. The first-order valence-corrected chi connectivity index (χ1v) is 14.8. The van der Waals surface area contributed by atoms with Crippen LogP contribution in [0.25, 0.3) is 0 Å². The Labute approximate surface area is 249 Å². The minimum Gasteiger partial charge on any atom is -0.360 e. The molecule has 0 unspecified atom stereocenters. The quantitative estimate of drug-likeness (QED) is 0.462. The minimum atomic E-state index is -1.10. The molecule has 0 radical (unpaired) electrons.